The number of carbonyl (C=O) groups is 2. The summed E-state index contributed by atoms with van der Waals surface area (Å²) >= 11 is 17.9. The van der Waals surface area contributed by atoms with E-state index in [1.807, 2.05) is 30.3 Å². The Labute approximate surface area is 153 Å². The zero-order chi connectivity index (χ0) is 17.3. The van der Waals surface area contributed by atoms with E-state index in [1.54, 1.807) is 18.2 Å². The van der Waals surface area contributed by atoms with Crippen LogP contribution >= 0.6 is 34.8 Å². The highest BCUT2D eigenvalue weighted by Gasteiger charge is 2.37. The number of rotatable bonds is 4. The summed E-state index contributed by atoms with van der Waals surface area (Å²) < 4.78 is 0. The molecule has 0 fully saturated rings. The lowest BCUT2D eigenvalue weighted by molar-refractivity contribution is -0.138. The molecule has 2 aromatic carbocycles. The second-order valence-electron chi connectivity index (χ2n) is 5.15. The van der Waals surface area contributed by atoms with E-state index in [-0.39, 0.29) is 17.3 Å². The maximum absolute atomic E-state index is 12.5. The average molecular weight is 382 g/mol. The van der Waals surface area contributed by atoms with Crippen molar-refractivity contribution in [2.45, 2.75) is 6.54 Å². The Balaban J connectivity index is 1.84. The summed E-state index contributed by atoms with van der Waals surface area (Å²) in [5.41, 5.74) is 1.31. The van der Waals surface area contributed by atoms with Crippen molar-refractivity contribution in [3.63, 3.8) is 0 Å². The number of nitrogens with zero attached hydrogens (tertiary/aromatic N) is 1. The van der Waals surface area contributed by atoms with Crippen molar-refractivity contribution in [3.05, 3.63) is 74.9 Å². The Morgan fingerprint density at radius 3 is 2.12 bits per heavy atom. The first-order valence-corrected chi connectivity index (χ1v) is 8.12. The molecule has 0 aliphatic carbocycles. The molecule has 0 unspecified atom stereocenters. The second kappa shape index (κ2) is 6.85. The summed E-state index contributed by atoms with van der Waals surface area (Å²) in [5, 5.41) is 3.48. The third-order valence-corrected chi connectivity index (χ3v) is 4.21. The summed E-state index contributed by atoms with van der Waals surface area (Å²) in [6, 6.07) is 13.9. The molecule has 1 N–H and O–H groups in total. The second-order valence-corrected chi connectivity index (χ2v) is 6.40. The Bertz CT molecular complexity index is 830. The molecule has 3 rings (SSSR count). The molecule has 0 atom stereocenters. The first kappa shape index (κ1) is 16.8. The van der Waals surface area contributed by atoms with Gasteiger partial charge >= 0.3 is 0 Å². The molecule has 1 aliphatic rings. The minimum Gasteiger partial charge on any atom is -0.350 e. The highest BCUT2D eigenvalue weighted by molar-refractivity contribution is 6.48. The van der Waals surface area contributed by atoms with Crippen molar-refractivity contribution in [2.75, 3.05) is 5.32 Å². The zero-order valence-corrected chi connectivity index (χ0v) is 14.5. The van der Waals surface area contributed by atoms with E-state index < -0.39 is 11.8 Å². The highest BCUT2D eigenvalue weighted by Crippen LogP contribution is 2.29. The molecule has 0 aromatic heterocycles. The molecule has 1 aliphatic heterocycles. The van der Waals surface area contributed by atoms with Crippen molar-refractivity contribution in [1.82, 2.24) is 4.90 Å². The van der Waals surface area contributed by atoms with Gasteiger partial charge in [-0.3, -0.25) is 14.5 Å². The smallest absolute Gasteiger partial charge is 0.279 e. The van der Waals surface area contributed by atoms with Gasteiger partial charge in [0.1, 0.15) is 10.7 Å². The van der Waals surface area contributed by atoms with E-state index in [0.29, 0.717) is 15.7 Å². The standard InChI is InChI=1S/C17H11Cl3N2O2/c18-11-6-12(19)8-13(7-11)21-15-14(20)16(23)22(17(15)24)9-10-4-2-1-3-5-10/h1-8,21H,9H2. The quantitative estimate of drug-likeness (QED) is 0.797. The third-order valence-electron chi connectivity index (χ3n) is 3.43. The lowest BCUT2D eigenvalue weighted by atomic mass is 10.2. The summed E-state index contributed by atoms with van der Waals surface area (Å²) in [5.74, 6) is -1.04. The van der Waals surface area contributed by atoms with Gasteiger partial charge in [-0.15, -0.1) is 0 Å². The number of carbonyl (C=O) groups excluding carboxylic acids is 2. The van der Waals surface area contributed by atoms with E-state index in [2.05, 4.69) is 5.32 Å². The largest absolute Gasteiger partial charge is 0.350 e. The topological polar surface area (TPSA) is 49.4 Å². The molecule has 0 saturated heterocycles. The van der Waals surface area contributed by atoms with Gasteiger partial charge in [0, 0.05) is 15.7 Å². The van der Waals surface area contributed by atoms with Gasteiger partial charge in [-0.2, -0.15) is 0 Å². The SMILES string of the molecule is O=C1C(Cl)=C(Nc2cc(Cl)cc(Cl)c2)C(=O)N1Cc1ccccc1. The fourth-order valence-corrected chi connectivity index (χ4v) is 3.09. The molecule has 2 aromatic rings. The summed E-state index contributed by atoms with van der Waals surface area (Å²) in [7, 11) is 0. The molecule has 1 heterocycles. The van der Waals surface area contributed by atoms with Crippen LogP contribution in [0.25, 0.3) is 0 Å². The number of amides is 2. The minimum atomic E-state index is -0.541. The van der Waals surface area contributed by atoms with Gasteiger partial charge in [-0.1, -0.05) is 65.1 Å². The van der Waals surface area contributed by atoms with Crippen LogP contribution in [-0.2, 0) is 16.1 Å². The van der Waals surface area contributed by atoms with E-state index in [9.17, 15) is 9.59 Å². The van der Waals surface area contributed by atoms with Gasteiger partial charge in [0.2, 0.25) is 0 Å². The van der Waals surface area contributed by atoms with Crippen molar-refractivity contribution in [3.8, 4) is 0 Å². The first-order valence-electron chi connectivity index (χ1n) is 6.98. The third kappa shape index (κ3) is 3.41. The number of anilines is 1. The number of benzene rings is 2. The van der Waals surface area contributed by atoms with E-state index in [0.717, 1.165) is 10.5 Å². The first-order chi connectivity index (χ1) is 11.5. The fourth-order valence-electron chi connectivity index (χ4n) is 2.33. The maximum Gasteiger partial charge on any atom is 0.279 e. The molecular formula is C17H11Cl3N2O2. The van der Waals surface area contributed by atoms with Crippen LogP contribution in [0.1, 0.15) is 5.56 Å². The van der Waals surface area contributed by atoms with Gasteiger partial charge < -0.3 is 5.32 Å². The van der Waals surface area contributed by atoms with Crippen LogP contribution in [0.5, 0.6) is 0 Å². The van der Waals surface area contributed by atoms with Gasteiger partial charge in [0.05, 0.1) is 6.54 Å². The predicted molar refractivity (Wildman–Crippen MR) is 95.0 cm³/mol. The molecule has 24 heavy (non-hydrogen) atoms. The molecule has 7 heteroatoms. The Hall–Kier alpha value is -2.01. The van der Waals surface area contributed by atoms with Crippen LogP contribution in [0.2, 0.25) is 10.0 Å². The number of hydrogen-bond donors (Lipinski definition) is 1. The normalized spacial score (nSPS) is 14.5. The van der Waals surface area contributed by atoms with Crippen LogP contribution in [0.3, 0.4) is 0 Å². The molecular weight excluding hydrogens is 371 g/mol. The Morgan fingerprint density at radius 2 is 1.50 bits per heavy atom. The van der Waals surface area contributed by atoms with Crippen LogP contribution in [0.4, 0.5) is 5.69 Å². The van der Waals surface area contributed by atoms with Crippen molar-refractivity contribution in [2.24, 2.45) is 0 Å². The summed E-state index contributed by atoms with van der Waals surface area (Å²) in [4.78, 5) is 25.9. The zero-order valence-electron chi connectivity index (χ0n) is 12.2. The Kier molecular flexibility index (Phi) is 4.81. The molecule has 2 amide bonds. The highest BCUT2D eigenvalue weighted by atomic mass is 35.5. The minimum absolute atomic E-state index is 0.0101. The maximum atomic E-state index is 12.5. The molecule has 0 bridgehead atoms. The molecule has 122 valence electrons. The fraction of sp³-hybridized carbons (Fsp3) is 0.0588. The van der Waals surface area contributed by atoms with Crippen LogP contribution in [-0.4, -0.2) is 16.7 Å². The summed E-state index contributed by atoms with van der Waals surface area (Å²) in [6.07, 6.45) is 0. The molecule has 4 nitrogen and oxygen atoms in total. The van der Waals surface area contributed by atoms with E-state index in [4.69, 9.17) is 34.8 Å². The van der Waals surface area contributed by atoms with Crippen molar-refractivity contribution in [1.29, 1.82) is 0 Å². The number of imide groups is 1. The summed E-state index contributed by atoms with van der Waals surface area (Å²) in [6.45, 7) is 0.149. The van der Waals surface area contributed by atoms with Crippen LogP contribution < -0.4 is 5.32 Å². The van der Waals surface area contributed by atoms with Gasteiger partial charge in [-0.25, -0.2) is 0 Å². The lowest BCUT2D eigenvalue weighted by Gasteiger charge is -2.15. The average Bonchev–Trinajstić information content (AvgIpc) is 2.73. The van der Waals surface area contributed by atoms with Gasteiger partial charge in [0.25, 0.3) is 11.8 Å². The number of nitrogens with one attached hydrogen (secondary N) is 1. The van der Waals surface area contributed by atoms with Crippen molar-refractivity contribution < 1.29 is 9.59 Å². The van der Waals surface area contributed by atoms with Crippen molar-refractivity contribution >= 4 is 52.3 Å². The van der Waals surface area contributed by atoms with Gasteiger partial charge in [-0.05, 0) is 23.8 Å². The van der Waals surface area contributed by atoms with Crippen LogP contribution in [0.15, 0.2) is 59.3 Å². The Morgan fingerprint density at radius 1 is 0.875 bits per heavy atom. The molecule has 0 spiro atoms. The van der Waals surface area contributed by atoms with Crippen LogP contribution in [0, 0.1) is 0 Å². The molecule has 0 radical (unpaired) electrons. The predicted octanol–water partition coefficient (Wildman–Crippen LogP) is 4.42. The van der Waals surface area contributed by atoms with E-state index in [1.165, 1.54) is 0 Å². The monoisotopic (exact) mass is 380 g/mol. The number of halogens is 3. The van der Waals surface area contributed by atoms with Gasteiger partial charge in [0.15, 0.2) is 0 Å². The molecule has 0 saturated carbocycles. The number of hydrogen-bond acceptors (Lipinski definition) is 3. The van der Waals surface area contributed by atoms with E-state index >= 15 is 0 Å². The lowest BCUT2D eigenvalue weighted by Crippen LogP contribution is -2.31.